The SMILES string of the molecule is O=S(=O)(NCCOc1ccc(S(=O)(=O)N2CCOCC2)cc1)c1ccccc1. The van der Waals surface area contributed by atoms with Crippen LogP contribution in [0.4, 0.5) is 0 Å². The Labute approximate surface area is 165 Å². The minimum atomic E-state index is -3.58. The fourth-order valence-corrected chi connectivity index (χ4v) is 5.11. The third-order valence-corrected chi connectivity index (χ3v) is 7.54. The Morgan fingerprint density at radius 2 is 1.54 bits per heavy atom. The fraction of sp³-hybridized carbons (Fsp3) is 0.333. The van der Waals surface area contributed by atoms with Gasteiger partial charge in [-0.2, -0.15) is 4.31 Å². The molecule has 0 spiro atoms. The lowest BCUT2D eigenvalue weighted by atomic mass is 10.3. The van der Waals surface area contributed by atoms with Crippen molar-refractivity contribution >= 4 is 20.0 Å². The van der Waals surface area contributed by atoms with Crippen LogP contribution >= 0.6 is 0 Å². The van der Waals surface area contributed by atoms with Crippen molar-refractivity contribution < 1.29 is 26.3 Å². The van der Waals surface area contributed by atoms with Gasteiger partial charge in [-0.15, -0.1) is 0 Å². The van der Waals surface area contributed by atoms with Crippen LogP contribution in [0.2, 0.25) is 0 Å². The molecular formula is C18H22N2O6S2. The van der Waals surface area contributed by atoms with Gasteiger partial charge in [0.25, 0.3) is 0 Å². The maximum Gasteiger partial charge on any atom is 0.243 e. The predicted molar refractivity (Wildman–Crippen MR) is 103 cm³/mol. The first-order valence-corrected chi connectivity index (χ1v) is 11.7. The number of morpholine rings is 1. The average Bonchev–Trinajstić information content (AvgIpc) is 2.73. The highest BCUT2D eigenvalue weighted by atomic mass is 32.2. The van der Waals surface area contributed by atoms with Gasteiger partial charge in [-0.25, -0.2) is 21.6 Å². The number of sulfonamides is 2. The number of ether oxygens (including phenoxy) is 2. The van der Waals surface area contributed by atoms with Crippen LogP contribution < -0.4 is 9.46 Å². The predicted octanol–water partition coefficient (Wildman–Crippen LogP) is 1.06. The lowest BCUT2D eigenvalue weighted by molar-refractivity contribution is 0.0730. The minimum absolute atomic E-state index is 0.0883. The normalized spacial score (nSPS) is 16.0. The van der Waals surface area contributed by atoms with Gasteiger partial charge in [-0.1, -0.05) is 18.2 Å². The molecule has 1 aliphatic heterocycles. The topological polar surface area (TPSA) is 102 Å². The highest BCUT2D eigenvalue weighted by Gasteiger charge is 2.26. The third kappa shape index (κ3) is 5.09. The van der Waals surface area contributed by atoms with Gasteiger partial charge in [0, 0.05) is 19.6 Å². The first-order valence-electron chi connectivity index (χ1n) is 8.75. The number of rotatable bonds is 8. The quantitative estimate of drug-likeness (QED) is 0.634. The summed E-state index contributed by atoms with van der Waals surface area (Å²) >= 11 is 0. The summed E-state index contributed by atoms with van der Waals surface area (Å²) in [6.45, 7) is 1.65. The molecule has 10 heteroatoms. The van der Waals surface area contributed by atoms with E-state index in [9.17, 15) is 16.8 Å². The third-order valence-electron chi connectivity index (χ3n) is 4.15. The highest BCUT2D eigenvalue weighted by Crippen LogP contribution is 2.20. The molecule has 1 N–H and O–H groups in total. The van der Waals surface area contributed by atoms with Gasteiger partial charge < -0.3 is 9.47 Å². The Hall–Kier alpha value is -1.98. The first kappa shape index (κ1) is 20.7. The highest BCUT2D eigenvalue weighted by molar-refractivity contribution is 7.89. The Bertz CT molecular complexity index is 970. The Morgan fingerprint density at radius 3 is 2.18 bits per heavy atom. The molecule has 0 amide bonds. The lowest BCUT2D eigenvalue weighted by Crippen LogP contribution is -2.40. The maximum atomic E-state index is 12.6. The summed E-state index contributed by atoms with van der Waals surface area (Å²) in [4.78, 5) is 0.374. The standard InChI is InChI=1S/C18H22N2O6S2/c21-27(22,17-4-2-1-3-5-17)19-10-13-26-16-6-8-18(9-7-16)28(23,24)20-11-14-25-15-12-20/h1-9,19H,10-15H2. The van der Waals surface area contributed by atoms with Crippen molar-refractivity contribution in [3.8, 4) is 5.75 Å². The largest absolute Gasteiger partial charge is 0.492 e. The van der Waals surface area contributed by atoms with Gasteiger partial charge in [-0.05, 0) is 36.4 Å². The second-order valence-electron chi connectivity index (χ2n) is 6.05. The van der Waals surface area contributed by atoms with Gasteiger partial charge in [0.15, 0.2) is 0 Å². The molecule has 0 atom stereocenters. The Balaban J connectivity index is 1.52. The van der Waals surface area contributed by atoms with Crippen molar-refractivity contribution in [2.24, 2.45) is 0 Å². The van der Waals surface area contributed by atoms with Gasteiger partial charge >= 0.3 is 0 Å². The molecule has 0 bridgehead atoms. The fourth-order valence-electron chi connectivity index (χ4n) is 2.67. The van der Waals surface area contributed by atoms with E-state index in [0.717, 1.165) is 0 Å². The van der Waals surface area contributed by atoms with E-state index in [1.807, 2.05) is 0 Å². The van der Waals surface area contributed by atoms with Crippen LogP contribution in [0.25, 0.3) is 0 Å². The Morgan fingerprint density at radius 1 is 0.893 bits per heavy atom. The van der Waals surface area contributed by atoms with Crippen LogP contribution in [-0.4, -0.2) is 60.6 Å². The molecule has 28 heavy (non-hydrogen) atoms. The van der Waals surface area contributed by atoms with Crippen LogP contribution in [0, 0.1) is 0 Å². The van der Waals surface area contributed by atoms with Gasteiger partial charge in [0.1, 0.15) is 12.4 Å². The molecule has 1 heterocycles. The monoisotopic (exact) mass is 426 g/mol. The zero-order valence-electron chi connectivity index (χ0n) is 15.2. The van der Waals surface area contributed by atoms with E-state index >= 15 is 0 Å². The molecular weight excluding hydrogens is 404 g/mol. The van der Waals surface area contributed by atoms with Gasteiger partial charge in [0.2, 0.25) is 20.0 Å². The minimum Gasteiger partial charge on any atom is -0.492 e. The molecule has 1 saturated heterocycles. The summed E-state index contributed by atoms with van der Waals surface area (Å²) in [5.41, 5.74) is 0. The molecule has 2 aromatic rings. The van der Waals surface area contributed by atoms with Crippen LogP contribution in [0.15, 0.2) is 64.4 Å². The second kappa shape index (κ2) is 9.01. The molecule has 1 aliphatic rings. The molecule has 3 rings (SSSR count). The van der Waals surface area contributed by atoms with E-state index < -0.39 is 20.0 Å². The maximum absolute atomic E-state index is 12.6. The van der Waals surface area contributed by atoms with Crippen molar-refractivity contribution in [1.82, 2.24) is 9.03 Å². The number of nitrogens with one attached hydrogen (secondary N) is 1. The van der Waals surface area contributed by atoms with E-state index in [1.54, 1.807) is 30.3 Å². The number of hydrogen-bond donors (Lipinski definition) is 1. The van der Waals surface area contributed by atoms with E-state index in [-0.39, 0.29) is 22.9 Å². The van der Waals surface area contributed by atoms with Gasteiger partial charge in [-0.3, -0.25) is 0 Å². The van der Waals surface area contributed by atoms with Crippen LogP contribution in [0.3, 0.4) is 0 Å². The molecule has 2 aromatic carbocycles. The Kier molecular flexibility index (Phi) is 6.68. The summed E-state index contributed by atoms with van der Waals surface area (Å²) in [7, 11) is -7.13. The molecule has 0 aromatic heterocycles. The molecule has 1 fully saturated rings. The summed E-state index contributed by atoms with van der Waals surface area (Å²) < 4.78 is 63.8. The van der Waals surface area contributed by atoms with E-state index in [2.05, 4.69) is 4.72 Å². The van der Waals surface area contributed by atoms with E-state index in [1.165, 1.54) is 28.6 Å². The van der Waals surface area contributed by atoms with Crippen molar-refractivity contribution in [1.29, 1.82) is 0 Å². The van der Waals surface area contributed by atoms with Crippen molar-refractivity contribution in [2.75, 3.05) is 39.5 Å². The lowest BCUT2D eigenvalue weighted by Gasteiger charge is -2.26. The summed E-state index contributed by atoms with van der Waals surface area (Å²) in [5, 5.41) is 0. The molecule has 0 unspecified atom stereocenters. The number of benzene rings is 2. The summed E-state index contributed by atoms with van der Waals surface area (Å²) in [5.74, 6) is 0.458. The number of hydrogen-bond acceptors (Lipinski definition) is 6. The first-order chi connectivity index (χ1) is 13.4. The van der Waals surface area contributed by atoms with E-state index in [4.69, 9.17) is 9.47 Å². The van der Waals surface area contributed by atoms with Crippen LogP contribution in [0.5, 0.6) is 5.75 Å². The molecule has 0 saturated carbocycles. The zero-order chi connectivity index (χ0) is 20.0. The molecule has 0 aliphatic carbocycles. The van der Waals surface area contributed by atoms with Crippen molar-refractivity contribution in [2.45, 2.75) is 9.79 Å². The molecule has 8 nitrogen and oxygen atoms in total. The zero-order valence-corrected chi connectivity index (χ0v) is 16.8. The van der Waals surface area contributed by atoms with Crippen molar-refractivity contribution in [3.63, 3.8) is 0 Å². The van der Waals surface area contributed by atoms with E-state index in [0.29, 0.717) is 32.1 Å². The van der Waals surface area contributed by atoms with Crippen LogP contribution in [0.1, 0.15) is 0 Å². The molecule has 0 radical (unpaired) electrons. The summed E-state index contributed by atoms with van der Waals surface area (Å²) in [6.07, 6.45) is 0. The van der Waals surface area contributed by atoms with Gasteiger partial charge in [0.05, 0.1) is 23.0 Å². The van der Waals surface area contributed by atoms with Crippen LogP contribution in [-0.2, 0) is 24.8 Å². The second-order valence-corrected chi connectivity index (χ2v) is 9.75. The van der Waals surface area contributed by atoms with Crippen molar-refractivity contribution in [3.05, 3.63) is 54.6 Å². The smallest absolute Gasteiger partial charge is 0.243 e. The average molecular weight is 427 g/mol. The summed E-state index contributed by atoms with van der Waals surface area (Å²) in [6, 6.07) is 14.1. The number of nitrogens with zero attached hydrogens (tertiary/aromatic N) is 1. The molecule has 152 valence electrons.